The molecular formula is C24H20N6OS. The summed E-state index contributed by atoms with van der Waals surface area (Å²) < 4.78 is 9.75. The molecule has 6 aromatic rings. The van der Waals surface area contributed by atoms with Crippen LogP contribution in [0.4, 0.5) is 0 Å². The minimum Gasteiger partial charge on any atom is -0.431 e. The van der Waals surface area contributed by atoms with Gasteiger partial charge in [-0.1, -0.05) is 41.6 Å². The van der Waals surface area contributed by atoms with Crippen LogP contribution in [-0.4, -0.2) is 29.1 Å². The molecule has 2 aromatic carbocycles. The Hall–Kier alpha value is -3.65. The van der Waals surface area contributed by atoms with Crippen LogP contribution in [0.2, 0.25) is 0 Å². The highest BCUT2D eigenvalue weighted by Crippen LogP contribution is 2.31. The van der Waals surface area contributed by atoms with Crippen molar-refractivity contribution >= 4 is 39.5 Å². The lowest BCUT2D eigenvalue weighted by Gasteiger charge is -2.08. The first-order valence-corrected chi connectivity index (χ1v) is 11.3. The third kappa shape index (κ3) is 2.98. The Bertz CT molecular complexity index is 1580. The van der Waals surface area contributed by atoms with Gasteiger partial charge in [-0.05, 0) is 50.6 Å². The van der Waals surface area contributed by atoms with Gasteiger partial charge < -0.3 is 4.42 Å². The zero-order chi connectivity index (χ0) is 21.8. The highest BCUT2D eigenvalue weighted by atomic mass is 32.2. The molecule has 0 spiro atoms. The Kier molecular flexibility index (Phi) is 4.29. The zero-order valence-corrected chi connectivity index (χ0v) is 18.7. The molecule has 0 amide bonds. The fraction of sp³-hybridized carbons (Fsp3) is 0.167. The van der Waals surface area contributed by atoms with Gasteiger partial charge in [-0.25, -0.2) is 19.5 Å². The van der Waals surface area contributed by atoms with Gasteiger partial charge in [0, 0.05) is 11.4 Å². The van der Waals surface area contributed by atoms with E-state index in [0.29, 0.717) is 16.8 Å². The van der Waals surface area contributed by atoms with Gasteiger partial charge in [0.15, 0.2) is 22.7 Å². The largest absolute Gasteiger partial charge is 0.431 e. The van der Waals surface area contributed by atoms with E-state index < -0.39 is 0 Å². The molecule has 0 saturated heterocycles. The van der Waals surface area contributed by atoms with E-state index in [1.165, 1.54) is 17.3 Å². The van der Waals surface area contributed by atoms with Crippen LogP contribution in [0.5, 0.6) is 0 Å². The fourth-order valence-electron chi connectivity index (χ4n) is 4.01. The van der Waals surface area contributed by atoms with Crippen molar-refractivity contribution in [2.45, 2.75) is 31.7 Å². The molecule has 0 aliphatic rings. The summed E-state index contributed by atoms with van der Waals surface area (Å²) in [4.78, 5) is 14.1. The van der Waals surface area contributed by atoms with Crippen LogP contribution in [0, 0.1) is 20.8 Å². The Balaban J connectivity index is 1.40. The molecule has 0 aliphatic heterocycles. The van der Waals surface area contributed by atoms with Crippen molar-refractivity contribution in [1.82, 2.24) is 29.1 Å². The van der Waals surface area contributed by atoms with Gasteiger partial charge in [0.2, 0.25) is 0 Å². The number of hydrogen-bond acceptors (Lipinski definition) is 6. The summed E-state index contributed by atoms with van der Waals surface area (Å²) in [5.74, 6) is 1.28. The average Bonchev–Trinajstić information content (AvgIpc) is 3.47. The smallest absolute Gasteiger partial charge is 0.257 e. The van der Waals surface area contributed by atoms with Gasteiger partial charge in [-0.3, -0.25) is 4.57 Å². The third-order valence-corrected chi connectivity index (χ3v) is 6.59. The van der Waals surface area contributed by atoms with Crippen LogP contribution in [-0.2, 0) is 5.75 Å². The molecule has 4 heterocycles. The topological polar surface area (TPSA) is 74.0 Å². The van der Waals surface area contributed by atoms with E-state index >= 15 is 0 Å². The number of fused-ring (bicyclic) bond motifs is 4. The Morgan fingerprint density at radius 3 is 2.56 bits per heavy atom. The van der Waals surface area contributed by atoms with E-state index in [1.807, 2.05) is 24.3 Å². The van der Waals surface area contributed by atoms with Crippen LogP contribution < -0.4 is 0 Å². The van der Waals surface area contributed by atoms with Crippen molar-refractivity contribution in [3.63, 3.8) is 0 Å². The Morgan fingerprint density at radius 1 is 0.938 bits per heavy atom. The number of aromatic nitrogens is 6. The molecule has 7 nitrogen and oxygen atoms in total. The molecule has 32 heavy (non-hydrogen) atoms. The summed E-state index contributed by atoms with van der Waals surface area (Å²) in [6, 6.07) is 16.2. The first-order chi connectivity index (χ1) is 15.6. The molecule has 0 atom stereocenters. The molecule has 0 aliphatic carbocycles. The fourth-order valence-corrected chi connectivity index (χ4v) is 4.70. The maximum atomic E-state index is 5.80. The second-order valence-electron chi connectivity index (χ2n) is 7.86. The van der Waals surface area contributed by atoms with Crippen molar-refractivity contribution in [2.75, 3.05) is 0 Å². The molecule has 4 aromatic heterocycles. The van der Waals surface area contributed by atoms with Gasteiger partial charge in [-0.2, -0.15) is 0 Å². The first-order valence-electron chi connectivity index (χ1n) is 10.4. The van der Waals surface area contributed by atoms with E-state index in [9.17, 15) is 0 Å². The number of benzene rings is 2. The van der Waals surface area contributed by atoms with Crippen LogP contribution in [0.15, 0.2) is 64.5 Å². The predicted molar refractivity (Wildman–Crippen MR) is 125 cm³/mol. The summed E-state index contributed by atoms with van der Waals surface area (Å²) in [6.45, 7) is 6.33. The molecule has 0 N–H and O–H groups in total. The van der Waals surface area contributed by atoms with E-state index in [1.54, 1.807) is 10.8 Å². The van der Waals surface area contributed by atoms with Crippen molar-refractivity contribution in [1.29, 1.82) is 0 Å². The second-order valence-corrected chi connectivity index (χ2v) is 8.78. The third-order valence-electron chi connectivity index (χ3n) is 5.77. The van der Waals surface area contributed by atoms with E-state index in [2.05, 4.69) is 59.7 Å². The summed E-state index contributed by atoms with van der Waals surface area (Å²) in [5, 5.41) is 6.28. The molecule has 6 rings (SSSR count). The minimum atomic E-state index is 0.562. The monoisotopic (exact) mass is 440 g/mol. The first kappa shape index (κ1) is 19.1. The number of rotatable bonds is 4. The number of oxazole rings is 1. The minimum absolute atomic E-state index is 0.562. The van der Waals surface area contributed by atoms with Gasteiger partial charge in [0.25, 0.3) is 5.22 Å². The molecule has 158 valence electrons. The summed E-state index contributed by atoms with van der Waals surface area (Å²) in [6.07, 6.45) is 1.74. The lowest BCUT2D eigenvalue weighted by atomic mass is 10.2. The standard InChI is InChI=1S/C24H20N6OS/c1-14-8-10-17(11-9-14)30-16(3)15(2)21-22(30)25-13-29-23(21)27-20(28-29)12-32-24-26-18-6-4-5-7-19(18)31-24/h4-11,13H,12H2,1-3H3. The normalized spacial score (nSPS) is 11.8. The highest BCUT2D eigenvalue weighted by molar-refractivity contribution is 7.98. The van der Waals surface area contributed by atoms with Gasteiger partial charge in [0.1, 0.15) is 11.8 Å². The van der Waals surface area contributed by atoms with Gasteiger partial charge >= 0.3 is 0 Å². The molecule has 0 fully saturated rings. The lowest BCUT2D eigenvalue weighted by Crippen LogP contribution is -1.99. The molecule has 8 heteroatoms. The maximum Gasteiger partial charge on any atom is 0.257 e. The summed E-state index contributed by atoms with van der Waals surface area (Å²) in [5.41, 5.74) is 7.97. The predicted octanol–water partition coefficient (Wildman–Crippen LogP) is 5.43. The SMILES string of the molecule is Cc1ccc(-n2c(C)c(C)c3c2ncn2nc(CSc4nc5ccccc5o4)nc32)cc1. The van der Waals surface area contributed by atoms with Crippen LogP contribution in [0.1, 0.15) is 22.6 Å². The average molecular weight is 441 g/mol. The Morgan fingerprint density at radius 2 is 1.75 bits per heavy atom. The van der Waals surface area contributed by atoms with E-state index in [0.717, 1.165) is 44.7 Å². The number of aryl methyl sites for hydroxylation is 2. The van der Waals surface area contributed by atoms with Crippen molar-refractivity contribution in [3.05, 3.63) is 77.5 Å². The van der Waals surface area contributed by atoms with Crippen LogP contribution >= 0.6 is 11.8 Å². The molecule has 0 radical (unpaired) electrons. The van der Waals surface area contributed by atoms with Gasteiger partial charge in [0.05, 0.1) is 11.1 Å². The number of nitrogens with zero attached hydrogens (tertiary/aromatic N) is 6. The van der Waals surface area contributed by atoms with Gasteiger partial charge in [-0.15, -0.1) is 5.10 Å². The van der Waals surface area contributed by atoms with Crippen molar-refractivity contribution in [2.24, 2.45) is 0 Å². The molecule has 0 saturated carbocycles. The molecule has 0 bridgehead atoms. The second kappa shape index (κ2) is 7.20. The number of para-hydroxylation sites is 2. The Labute approximate surface area is 188 Å². The van der Waals surface area contributed by atoms with Crippen LogP contribution in [0.3, 0.4) is 0 Å². The number of thioether (sulfide) groups is 1. The van der Waals surface area contributed by atoms with E-state index in [4.69, 9.17) is 14.4 Å². The van der Waals surface area contributed by atoms with E-state index in [-0.39, 0.29) is 0 Å². The summed E-state index contributed by atoms with van der Waals surface area (Å²) in [7, 11) is 0. The molecular weight excluding hydrogens is 420 g/mol. The highest BCUT2D eigenvalue weighted by Gasteiger charge is 2.19. The maximum absolute atomic E-state index is 5.80. The lowest BCUT2D eigenvalue weighted by molar-refractivity contribution is 0.489. The van der Waals surface area contributed by atoms with Crippen molar-refractivity contribution in [3.8, 4) is 5.69 Å². The quantitative estimate of drug-likeness (QED) is 0.341. The van der Waals surface area contributed by atoms with Crippen LogP contribution in [0.25, 0.3) is 33.5 Å². The summed E-state index contributed by atoms with van der Waals surface area (Å²) >= 11 is 1.49. The number of hydrogen-bond donors (Lipinski definition) is 0. The van der Waals surface area contributed by atoms with Crippen molar-refractivity contribution < 1.29 is 4.42 Å². The molecule has 0 unspecified atom stereocenters. The zero-order valence-electron chi connectivity index (χ0n) is 17.9.